The fraction of sp³-hybridized carbons (Fsp3) is 0.385. The van der Waals surface area contributed by atoms with E-state index in [2.05, 4.69) is 23.5 Å². The van der Waals surface area contributed by atoms with Gasteiger partial charge in [0, 0.05) is 6.54 Å². The first-order valence-corrected chi connectivity index (χ1v) is 5.34. The molecular weight excluding hydrogens is 186 g/mol. The topological polar surface area (TPSA) is 21.3 Å². The molecule has 1 N–H and O–H groups in total. The molecule has 0 saturated heterocycles. The minimum atomic E-state index is 0.940. The average Bonchev–Trinajstić information content (AvgIpc) is 2.28. The van der Waals surface area contributed by atoms with E-state index in [4.69, 9.17) is 4.74 Å². The van der Waals surface area contributed by atoms with Crippen LogP contribution in [0.4, 0.5) is 0 Å². The van der Waals surface area contributed by atoms with Crippen LogP contribution in [-0.2, 0) is 6.42 Å². The van der Waals surface area contributed by atoms with Crippen molar-refractivity contribution >= 4 is 6.08 Å². The number of benzene rings is 1. The Kier molecular flexibility index (Phi) is 3.07. The van der Waals surface area contributed by atoms with Crippen LogP contribution in [0.5, 0.6) is 5.75 Å². The van der Waals surface area contributed by atoms with Crippen LogP contribution in [-0.4, -0.2) is 20.7 Å². The zero-order valence-corrected chi connectivity index (χ0v) is 9.34. The number of hydrogen-bond acceptors (Lipinski definition) is 2. The SMILES string of the molecule is CNCC1=Cc2cc(OC)ccc2CC1. The molecule has 0 amide bonds. The first-order chi connectivity index (χ1) is 7.33. The van der Waals surface area contributed by atoms with Crippen LogP contribution in [0.3, 0.4) is 0 Å². The lowest BCUT2D eigenvalue weighted by Gasteiger charge is -2.17. The lowest BCUT2D eigenvalue weighted by molar-refractivity contribution is 0.414. The molecule has 1 aromatic carbocycles. The van der Waals surface area contributed by atoms with E-state index in [1.807, 2.05) is 13.1 Å². The molecule has 0 spiro atoms. The molecule has 0 radical (unpaired) electrons. The Morgan fingerprint density at radius 1 is 1.33 bits per heavy atom. The second kappa shape index (κ2) is 4.49. The van der Waals surface area contributed by atoms with Crippen LogP contribution >= 0.6 is 0 Å². The normalized spacial score (nSPS) is 14.4. The molecule has 0 saturated carbocycles. The lowest BCUT2D eigenvalue weighted by Crippen LogP contribution is -2.13. The van der Waals surface area contributed by atoms with Gasteiger partial charge in [-0.25, -0.2) is 0 Å². The number of methoxy groups -OCH3 is 1. The number of hydrogen-bond donors (Lipinski definition) is 1. The molecule has 0 fully saturated rings. The van der Waals surface area contributed by atoms with Crippen molar-refractivity contribution in [1.29, 1.82) is 0 Å². The van der Waals surface area contributed by atoms with Gasteiger partial charge in [-0.1, -0.05) is 17.7 Å². The van der Waals surface area contributed by atoms with Crippen LogP contribution in [0.15, 0.2) is 23.8 Å². The van der Waals surface area contributed by atoms with Gasteiger partial charge in [0.1, 0.15) is 5.75 Å². The van der Waals surface area contributed by atoms with E-state index in [-0.39, 0.29) is 0 Å². The van der Waals surface area contributed by atoms with Crippen LogP contribution in [0, 0.1) is 0 Å². The predicted octanol–water partition coefficient (Wildman–Crippen LogP) is 2.24. The molecule has 0 bridgehead atoms. The zero-order chi connectivity index (χ0) is 10.7. The quantitative estimate of drug-likeness (QED) is 0.813. The van der Waals surface area contributed by atoms with Gasteiger partial charge in [-0.05, 0) is 43.1 Å². The van der Waals surface area contributed by atoms with Gasteiger partial charge in [-0.3, -0.25) is 0 Å². The van der Waals surface area contributed by atoms with E-state index in [0.29, 0.717) is 0 Å². The summed E-state index contributed by atoms with van der Waals surface area (Å²) in [4.78, 5) is 0. The van der Waals surface area contributed by atoms with Crippen molar-refractivity contribution in [1.82, 2.24) is 5.32 Å². The maximum atomic E-state index is 5.23. The summed E-state index contributed by atoms with van der Waals surface area (Å²) in [5.74, 6) is 0.940. The lowest BCUT2D eigenvalue weighted by atomic mass is 9.92. The number of ether oxygens (including phenoxy) is 1. The summed E-state index contributed by atoms with van der Waals surface area (Å²) < 4.78 is 5.23. The Morgan fingerprint density at radius 3 is 2.93 bits per heavy atom. The largest absolute Gasteiger partial charge is 0.497 e. The molecule has 0 atom stereocenters. The maximum Gasteiger partial charge on any atom is 0.119 e. The van der Waals surface area contributed by atoms with Crippen molar-refractivity contribution in [3.63, 3.8) is 0 Å². The van der Waals surface area contributed by atoms with Crippen molar-refractivity contribution in [3.8, 4) is 5.75 Å². The van der Waals surface area contributed by atoms with Crippen molar-refractivity contribution < 1.29 is 4.74 Å². The Labute approximate surface area is 91.0 Å². The molecule has 0 aliphatic heterocycles. The van der Waals surface area contributed by atoms with Crippen LogP contribution in [0.1, 0.15) is 17.5 Å². The third-order valence-corrected chi connectivity index (χ3v) is 2.83. The molecule has 1 aliphatic carbocycles. The first kappa shape index (κ1) is 10.2. The standard InChI is InChI=1S/C13H17NO/c1-14-9-10-3-4-11-5-6-13(15-2)8-12(11)7-10/h5-8,14H,3-4,9H2,1-2H3. The van der Waals surface area contributed by atoms with Crippen LogP contribution in [0.2, 0.25) is 0 Å². The molecule has 2 heteroatoms. The number of rotatable bonds is 3. The fourth-order valence-corrected chi connectivity index (χ4v) is 2.02. The molecular formula is C13H17NO. The highest BCUT2D eigenvalue weighted by molar-refractivity contribution is 5.61. The molecule has 0 unspecified atom stereocenters. The summed E-state index contributed by atoms with van der Waals surface area (Å²) in [6.07, 6.45) is 4.59. The van der Waals surface area contributed by atoms with Gasteiger partial charge < -0.3 is 10.1 Å². The second-order valence-corrected chi connectivity index (χ2v) is 3.90. The number of nitrogens with one attached hydrogen (secondary N) is 1. The highest BCUT2D eigenvalue weighted by Gasteiger charge is 2.10. The van der Waals surface area contributed by atoms with Crippen LogP contribution < -0.4 is 10.1 Å². The molecule has 2 rings (SSSR count). The fourth-order valence-electron chi connectivity index (χ4n) is 2.02. The smallest absolute Gasteiger partial charge is 0.119 e. The molecule has 1 aliphatic rings. The number of fused-ring (bicyclic) bond motifs is 1. The highest BCUT2D eigenvalue weighted by Crippen LogP contribution is 2.26. The minimum absolute atomic E-state index is 0.940. The van der Waals surface area contributed by atoms with Gasteiger partial charge in [-0.15, -0.1) is 0 Å². The van der Waals surface area contributed by atoms with Gasteiger partial charge in [0.15, 0.2) is 0 Å². The van der Waals surface area contributed by atoms with E-state index < -0.39 is 0 Å². The molecule has 80 valence electrons. The van der Waals surface area contributed by atoms with E-state index >= 15 is 0 Å². The summed E-state index contributed by atoms with van der Waals surface area (Å²) in [6.45, 7) is 0.983. The van der Waals surface area contributed by atoms with Gasteiger partial charge in [-0.2, -0.15) is 0 Å². The minimum Gasteiger partial charge on any atom is -0.497 e. The molecule has 2 nitrogen and oxygen atoms in total. The third-order valence-electron chi connectivity index (χ3n) is 2.83. The van der Waals surface area contributed by atoms with Crippen LogP contribution in [0.25, 0.3) is 6.08 Å². The summed E-state index contributed by atoms with van der Waals surface area (Å²) >= 11 is 0. The van der Waals surface area contributed by atoms with Gasteiger partial charge in [0.25, 0.3) is 0 Å². The predicted molar refractivity (Wildman–Crippen MR) is 63.2 cm³/mol. The van der Waals surface area contributed by atoms with E-state index in [9.17, 15) is 0 Å². The number of likely N-dealkylation sites (N-methyl/N-ethyl adjacent to an activating group) is 1. The molecule has 0 heterocycles. The van der Waals surface area contributed by atoms with Gasteiger partial charge in [0.2, 0.25) is 0 Å². The van der Waals surface area contributed by atoms with Crippen molar-refractivity contribution in [2.24, 2.45) is 0 Å². The first-order valence-electron chi connectivity index (χ1n) is 5.34. The Balaban J connectivity index is 2.30. The monoisotopic (exact) mass is 203 g/mol. The van der Waals surface area contributed by atoms with Crippen molar-refractivity contribution in [3.05, 3.63) is 34.9 Å². The Bertz CT molecular complexity index is 382. The summed E-state index contributed by atoms with van der Waals surface area (Å²) in [7, 11) is 3.70. The molecule has 0 aromatic heterocycles. The Morgan fingerprint density at radius 2 is 2.20 bits per heavy atom. The molecule has 1 aromatic rings. The molecule has 15 heavy (non-hydrogen) atoms. The maximum absolute atomic E-state index is 5.23. The second-order valence-electron chi connectivity index (χ2n) is 3.90. The van der Waals surface area contributed by atoms with E-state index in [0.717, 1.165) is 18.7 Å². The van der Waals surface area contributed by atoms with Gasteiger partial charge >= 0.3 is 0 Å². The zero-order valence-electron chi connectivity index (χ0n) is 9.34. The van der Waals surface area contributed by atoms with Gasteiger partial charge in [0.05, 0.1) is 7.11 Å². The number of aryl methyl sites for hydroxylation is 1. The van der Waals surface area contributed by atoms with E-state index in [1.54, 1.807) is 7.11 Å². The van der Waals surface area contributed by atoms with Crippen molar-refractivity contribution in [2.75, 3.05) is 20.7 Å². The highest BCUT2D eigenvalue weighted by atomic mass is 16.5. The summed E-state index contributed by atoms with van der Waals surface area (Å²) in [5, 5.41) is 3.20. The Hall–Kier alpha value is -1.28. The third kappa shape index (κ3) is 2.21. The summed E-state index contributed by atoms with van der Waals surface area (Å²) in [5.41, 5.74) is 4.21. The van der Waals surface area contributed by atoms with E-state index in [1.165, 1.54) is 23.1 Å². The summed E-state index contributed by atoms with van der Waals surface area (Å²) in [6, 6.07) is 6.32. The average molecular weight is 203 g/mol. The van der Waals surface area contributed by atoms with Crippen molar-refractivity contribution in [2.45, 2.75) is 12.8 Å².